The number of nitrogens with one attached hydrogen (secondary N) is 1. The molecule has 1 N–H and O–H groups in total. The highest BCUT2D eigenvalue weighted by molar-refractivity contribution is 6.30. The number of nitriles is 1. The van der Waals surface area contributed by atoms with Crippen LogP contribution in [0, 0.1) is 11.3 Å². The summed E-state index contributed by atoms with van der Waals surface area (Å²) < 4.78 is 0. The molecule has 84 valence electrons. The lowest BCUT2D eigenvalue weighted by Gasteiger charge is -1.98. The van der Waals surface area contributed by atoms with Crippen LogP contribution in [0.3, 0.4) is 0 Å². The molecule has 2 aromatic rings. The molecule has 1 heterocycles. The van der Waals surface area contributed by atoms with Crippen LogP contribution < -0.4 is 0 Å². The molecule has 0 spiro atoms. The Hall–Kier alpha value is -2.05. The highest BCUT2D eigenvalue weighted by Gasteiger charge is 2.10. The number of hydrogen-bond acceptors (Lipinski definition) is 2. The Morgan fingerprint density at radius 2 is 1.94 bits per heavy atom. The average molecular weight is 245 g/mol. The van der Waals surface area contributed by atoms with Gasteiger partial charge in [0, 0.05) is 16.3 Å². The van der Waals surface area contributed by atoms with E-state index in [4.69, 9.17) is 16.9 Å². The van der Waals surface area contributed by atoms with Crippen molar-refractivity contribution in [1.82, 2.24) is 4.98 Å². The van der Waals surface area contributed by atoms with Crippen LogP contribution in [0.15, 0.2) is 36.4 Å². The number of nitrogens with zero attached hydrogens (tertiary/aromatic N) is 1. The van der Waals surface area contributed by atoms with Crippen molar-refractivity contribution in [3.8, 4) is 6.07 Å². The van der Waals surface area contributed by atoms with Gasteiger partial charge >= 0.3 is 0 Å². The van der Waals surface area contributed by atoms with Crippen LogP contribution in [-0.2, 0) is 6.42 Å². The minimum absolute atomic E-state index is 0.106. The van der Waals surface area contributed by atoms with Crippen molar-refractivity contribution >= 4 is 17.4 Å². The summed E-state index contributed by atoms with van der Waals surface area (Å²) in [6.07, 6.45) is 0.272. The molecule has 0 radical (unpaired) electrons. The lowest BCUT2D eigenvalue weighted by molar-refractivity contribution is 0.103. The number of benzene rings is 1. The zero-order valence-electron chi connectivity index (χ0n) is 8.90. The molecule has 0 aliphatic heterocycles. The van der Waals surface area contributed by atoms with E-state index in [1.807, 2.05) is 6.07 Å². The van der Waals surface area contributed by atoms with Gasteiger partial charge in [-0.05, 0) is 36.4 Å². The third kappa shape index (κ3) is 2.55. The van der Waals surface area contributed by atoms with Gasteiger partial charge in [0.2, 0.25) is 5.78 Å². The number of ketones is 1. The second-order valence-corrected chi connectivity index (χ2v) is 4.00. The Morgan fingerprint density at radius 1 is 1.24 bits per heavy atom. The van der Waals surface area contributed by atoms with Crippen LogP contribution in [0.2, 0.25) is 5.02 Å². The van der Waals surface area contributed by atoms with Gasteiger partial charge in [-0.15, -0.1) is 0 Å². The summed E-state index contributed by atoms with van der Waals surface area (Å²) >= 11 is 5.75. The number of carbonyl (C=O) groups is 1. The molecule has 0 fully saturated rings. The topological polar surface area (TPSA) is 56.6 Å². The number of aromatic nitrogens is 1. The molecule has 0 saturated heterocycles. The first-order valence-corrected chi connectivity index (χ1v) is 5.43. The maximum atomic E-state index is 12.0. The van der Waals surface area contributed by atoms with Gasteiger partial charge in [0.1, 0.15) is 0 Å². The third-order valence-corrected chi connectivity index (χ3v) is 2.62. The highest BCUT2D eigenvalue weighted by atomic mass is 35.5. The van der Waals surface area contributed by atoms with Crippen LogP contribution in [0.5, 0.6) is 0 Å². The Bertz CT molecular complexity index is 578. The van der Waals surface area contributed by atoms with Gasteiger partial charge in [0.05, 0.1) is 18.2 Å². The maximum Gasteiger partial charge on any atom is 0.209 e. The molecule has 0 unspecified atom stereocenters. The molecule has 1 aromatic carbocycles. The molecule has 3 nitrogen and oxygen atoms in total. The van der Waals surface area contributed by atoms with Crippen LogP contribution in [-0.4, -0.2) is 10.8 Å². The third-order valence-electron chi connectivity index (χ3n) is 2.37. The summed E-state index contributed by atoms with van der Waals surface area (Å²) in [7, 11) is 0. The molecule has 0 atom stereocenters. The molecule has 0 saturated carbocycles. The van der Waals surface area contributed by atoms with Crippen molar-refractivity contribution in [2.24, 2.45) is 0 Å². The predicted octanol–water partition coefficient (Wildman–Crippen LogP) is 2.97. The van der Waals surface area contributed by atoms with Gasteiger partial charge in [-0.1, -0.05) is 11.6 Å². The van der Waals surface area contributed by atoms with E-state index in [1.165, 1.54) is 0 Å². The van der Waals surface area contributed by atoms with Gasteiger partial charge in [0.15, 0.2) is 0 Å². The molecule has 1 aromatic heterocycles. The van der Waals surface area contributed by atoms with E-state index in [-0.39, 0.29) is 12.2 Å². The Morgan fingerprint density at radius 3 is 2.59 bits per heavy atom. The fraction of sp³-hybridized carbons (Fsp3) is 0.0769. The van der Waals surface area contributed by atoms with E-state index in [1.54, 1.807) is 36.4 Å². The lowest BCUT2D eigenvalue weighted by Crippen LogP contribution is -2.01. The standard InChI is InChI=1S/C13H9ClN2O/c14-10-3-1-9(2-4-10)13(17)12-6-5-11(16-12)7-8-15/h1-6,16H,7H2. The molecule has 0 amide bonds. The zero-order chi connectivity index (χ0) is 12.3. The van der Waals surface area contributed by atoms with Crippen molar-refractivity contribution in [2.75, 3.05) is 0 Å². The van der Waals surface area contributed by atoms with E-state index in [0.717, 1.165) is 5.69 Å². The predicted molar refractivity (Wildman–Crippen MR) is 65.0 cm³/mol. The molecular formula is C13H9ClN2O. The van der Waals surface area contributed by atoms with Gasteiger partial charge in [-0.3, -0.25) is 4.79 Å². The maximum absolute atomic E-state index is 12.0. The second kappa shape index (κ2) is 4.86. The highest BCUT2D eigenvalue weighted by Crippen LogP contribution is 2.13. The van der Waals surface area contributed by atoms with Crippen molar-refractivity contribution in [1.29, 1.82) is 5.26 Å². The van der Waals surface area contributed by atoms with Crippen molar-refractivity contribution in [3.05, 3.63) is 58.4 Å². The summed E-state index contributed by atoms with van der Waals surface area (Å²) in [5.74, 6) is -0.106. The summed E-state index contributed by atoms with van der Waals surface area (Å²) in [4.78, 5) is 14.9. The van der Waals surface area contributed by atoms with E-state index >= 15 is 0 Å². The van der Waals surface area contributed by atoms with E-state index in [0.29, 0.717) is 16.3 Å². The number of rotatable bonds is 3. The van der Waals surface area contributed by atoms with Crippen LogP contribution in [0.4, 0.5) is 0 Å². The second-order valence-electron chi connectivity index (χ2n) is 3.57. The number of carbonyl (C=O) groups excluding carboxylic acids is 1. The molecule has 0 aliphatic rings. The molecule has 0 aliphatic carbocycles. The number of aromatic amines is 1. The number of hydrogen-bond donors (Lipinski definition) is 1. The lowest BCUT2D eigenvalue weighted by atomic mass is 10.1. The van der Waals surface area contributed by atoms with Crippen LogP contribution >= 0.6 is 11.6 Å². The zero-order valence-corrected chi connectivity index (χ0v) is 9.66. The number of halogens is 1. The van der Waals surface area contributed by atoms with Gasteiger partial charge in [-0.25, -0.2) is 0 Å². The van der Waals surface area contributed by atoms with Gasteiger partial charge in [0.25, 0.3) is 0 Å². The first kappa shape index (κ1) is 11.4. The smallest absolute Gasteiger partial charge is 0.209 e. The Kier molecular flexibility index (Phi) is 3.27. The molecular weight excluding hydrogens is 236 g/mol. The molecule has 2 rings (SSSR count). The molecule has 4 heteroatoms. The summed E-state index contributed by atoms with van der Waals surface area (Å²) in [6, 6.07) is 12.2. The average Bonchev–Trinajstić information content (AvgIpc) is 2.78. The van der Waals surface area contributed by atoms with E-state index in [9.17, 15) is 4.79 Å². The van der Waals surface area contributed by atoms with E-state index < -0.39 is 0 Å². The fourth-order valence-corrected chi connectivity index (χ4v) is 1.64. The van der Waals surface area contributed by atoms with Crippen molar-refractivity contribution < 1.29 is 4.79 Å². The monoisotopic (exact) mass is 244 g/mol. The molecule has 17 heavy (non-hydrogen) atoms. The summed E-state index contributed by atoms with van der Waals surface area (Å²) in [5.41, 5.74) is 1.79. The fourth-order valence-electron chi connectivity index (χ4n) is 1.52. The minimum Gasteiger partial charge on any atom is -0.355 e. The van der Waals surface area contributed by atoms with Gasteiger partial charge < -0.3 is 4.98 Å². The SMILES string of the molecule is N#CCc1ccc(C(=O)c2ccc(Cl)cc2)[nH]1. The van der Waals surface area contributed by atoms with Crippen LogP contribution in [0.1, 0.15) is 21.7 Å². The minimum atomic E-state index is -0.106. The first-order chi connectivity index (χ1) is 8.20. The summed E-state index contributed by atoms with van der Waals surface area (Å²) in [5, 5.41) is 9.14. The Balaban J connectivity index is 2.25. The largest absolute Gasteiger partial charge is 0.355 e. The number of H-pyrrole nitrogens is 1. The van der Waals surface area contributed by atoms with E-state index in [2.05, 4.69) is 4.98 Å². The normalized spacial score (nSPS) is 9.88. The van der Waals surface area contributed by atoms with Gasteiger partial charge in [-0.2, -0.15) is 5.26 Å². The quantitative estimate of drug-likeness (QED) is 0.844. The van der Waals surface area contributed by atoms with Crippen molar-refractivity contribution in [3.63, 3.8) is 0 Å². The Labute approximate surface area is 104 Å². The first-order valence-electron chi connectivity index (χ1n) is 5.06. The van der Waals surface area contributed by atoms with Crippen LogP contribution in [0.25, 0.3) is 0 Å². The summed E-state index contributed by atoms with van der Waals surface area (Å²) in [6.45, 7) is 0. The molecule has 0 bridgehead atoms. The van der Waals surface area contributed by atoms with Crippen molar-refractivity contribution in [2.45, 2.75) is 6.42 Å².